The van der Waals surface area contributed by atoms with Gasteiger partial charge >= 0.3 is 5.97 Å². The summed E-state index contributed by atoms with van der Waals surface area (Å²) >= 11 is 0. The average Bonchev–Trinajstić information content (AvgIpc) is 2.28. The van der Waals surface area contributed by atoms with Crippen LogP contribution in [0.25, 0.3) is 0 Å². The highest BCUT2D eigenvalue weighted by molar-refractivity contribution is 5.73. The van der Waals surface area contributed by atoms with Gasteiger partial charge in [0.1, 0.15) is 0 Å². The highest BCUT2D eigenvalue weighted by atomic mass is 16.5. The van der Waals surface area contributed by atoms with E-state index >= 15 is 0 Å². The van der Waals surface area contributed by atoms with Gasteiger partial charge in [-0.1, -0.05) is 19.3 Å². The van der Waals surface area contributed by atoms with E-state index in [0.717, 1.165) is 25.7 Å². The molecule has 0 saturated heterocycles. The summed E-state index contributed by atoms with van der Waals surface area (Å²) in [7, 11) is 1.43. The molecule has 2 atom stereocenters. The van der Waals surface area contributed by atoms with Crippen LogP contribution in [0, 0.1) is 5.92 Å². The van der Waals surface area contributed by atoms with Gasteiger partial charge in [0.15, 0.2) is 0 Å². The normalized spacial score (nSPS) is 30.8. The van der Waals surface area contributed by atoms with Gasteiger partial charge in [-0.3, -0.25) is 4.79 Å². The third-order valence-corrected chi connectivity index (χ3v) is 2.57. The molecular formula is C9H17NO2. The zero-order valence-corrected chi connectivity index (χ0v) is 7.58. The Kier molecular flexibility index (Phi) is 3.53. The van der Waals surface area contributed by atoms with Gasteiger partial charge in [-0.2, -0.15) is 0 Å². The summed E-state index contributed by atoms with van der Waals surface area (Å²) in [4.78, 5) is 11.2. The summed E-state index contributed by atoms with van der Waals surface area (Å²) in [6.07, 6.45) is 5.30. The molecule has 0 aliphatic heterocycles. The first-order chi connectivity index (χ1) is 5.75. The number of carbonyl (C=O) groups is 1. The molecule has 0 aromatic rings. The van der Waals surface area contributed by atoms with Gasteiger partial charge in [-0.15, -0.1) is 0 Å². The molecule has 2 N–H and O–H groups in total. The summed E-state index contributed by atoms with van der Waals surface area (Å²) in [5.41, 5.74) is 5.85. The zero-order chi connectivity index (χ0) is 8.97. The van der Waals surface area contributed by atoms with Crippen molar-refractivity contribution >= 4 is 5.97 Å². The van der Waals surface area contributed by atoms with Gasteiger partial charge in [-0.05, 0) is 12.8 Å². The summed E-state index contributed by atoms with van der Waals surface area (Å²) in [5, 5.41) is 0. The predicted molar refractivity (Wildman–Crippen MR) is 46.6 cm³/mol. The molecule has 0 spiro atoms. The van der Waals surface area contributed by atoms with Gasteiger partial charge in [-0.25, -0.2) is 0 Å². The van der Waals surface area contributed by atoms with Crippen LogP contribution in [0.4, 0.5) is 0 Å². The number of hydrogen-bond acceptors (Lipinski definition) is 3. The number of ether oxygens (including phenoxy) is 1. The van der Waals surface area contributed by atoms with E-state index in [-0.39, 0.29) is 17.9 Å². The van der Waals surface area contributed by atoms with E-state index in [1.54, 1.807) is 0 Å². The maximum atomic E-state index is 11.2. The van der Waals surface area contributed by atoms with Crippen LogP contribution in [0.3, 0.4) is 0 Å². The lowest BCUT2D eigenvalue weighted by Crippen LogP contribution is -2.35. The van der Waals surface area contributed by atoms with Crippen molar-refractivity contribution in [1.29, 1.82) is 0 Å². The first-order valence-corrected chi connectivity index (χ1v) is 4.59. The van der Waals surface area contributed by atoms with Crippen LogP contribution in [0.5, 0.6) is 0 Å². The minimum Gasteiger partial charge on any atom is -0.469 e. The zero-order valence-electron chi connectivity index (χ0n) is 7.58. The monoisotopic (exact) mass is 171 g/mol. The van der Waals surface area contributed by atoms with Crippen molar-refractivity contribution in [2.45, 2.75) is 38.1 Å². The van der Waals surface area contributed by atoms with Crippen molar-refractivity contribution in [2.24, 2.45) is 11.7 Å². The number of carbonyl (C=O) groups excluding carboxylic acids is 1. The van der Waals surface area contributed by atoms with Gasteiger partial charge in [0.05, 0.1) is 13.0 Å². The van der Waals surface area contributed by atoms with E-state index in [4.69, 9.17) is 10.5 Å². The van der Waals surface area contributed by atoms with E-state index in [9.17, 15) is 4.79 Å². The van der Waals surface area contributed by atoms with E-state index in [1.807, 2.05) is 0 Å². The number of methoxy groups -OCH3 is 1. The molecule has 1 aliphatic carbocycles. The van der Waals surface area contributed by atoms with E-state index in [0.29, 0.717) is 0 Å². The molecule has 1 aliphatic rings. The quantitative estimate of drug-likeness (QED) is 0.474. The van der Waals surface area contributed by atoms with Crippen LogP contribution in [0.15, 0.2) is 0 Å². The smallest absolute Gasteiger partial charge is 0.310 e. The topological polar surface area (TPSA) is 52.3 Å². The van der Waals surface area contributed by atoms with Crippen molar-refractivity contribution < 1.29 is 9.53 Å². The minimum absolute atomic E-state index is 0.0138. The molecule has 0 heterocycles. The Hall–Kier alpha value is -0.570. The second-order valence-electron chi connectivity index (χ2n) is 3.43. The Morgan fingerprint density at radius 3 is 2.67 bits per heavy atom. The minimum atomic E-state index is -0.135. The molecule has 2 unspecified atom stereocenters. The van der Waals surface area contributed by atoms with Crippen molar-refractivity contribution in [2.75, 3.05) is 7.11 Å². The van der Waals surface area contributed by atoms with Gasteiger partial charge in [0, 0.05) is 6.04 Å². The SMILES string of the molecule is COC(=O)C1CCCCCC1N. The largest absolute Gasteiger partial charge is 0.469 e. The van der Waals surface area contributed by atoms with Crippen molar-refractivity contribution in [3.05, 3.63) is 0 Å². The number of hydrogen-bond donors (Lipinski definition) is 1. The Morgan fingerprint density at radius 1 is 1.33 bits per heavy atom. The Morgan fingerprint density at radius 2 is 2.00 bits per heavy atom. The highest BCUT2D eigenvalue weighted by Crippen LogP contribution is 2.22. The third kappa shape index (κ3) is 2.21. The van der Waals surface area contributed by atoms with E-state index in [1.165, 1.54) is 13.5 Å². The lowest BCUT2D eigenvalue weighted by atomic mass is 9.96. The van der Waals surface area contributed by atoms with Gasteiger partial charge in [0.2, 0.25) is 0 Å². The Labute approximate surface area is 73.3 Å². The van der Waals surface area contributed by atoms with Crippen LogP contribution in [-0.4, -0.2) is 19.1 Å². The third-order valence-electron chi connectivity index (χ3n) is 2.57. The van der Waals surface area contributed by atoms with Crippen molar-refractivity contribution in [1.82, 2.24) is 0 Å². The van der Waals surface area contributed by atoms with Gasteiger partial charge < -0.3 is 10.5 Å². The number of rotatable bonds is 1. The van der Waals surface area contributed by atoms with Crippen molar-refractivity contribution in [3.8, 4) is 0 Å². The van der Waals surface area contributed by atoms with Crippen LogP contribution >= 0.6 is 0 Å². The fraction of sp³-hybridized carbons (Fsp3) is 0.889. The number of esters is 1. The summed E-state index contributed by atoms with van der Waals surface area (Å²) < 4.78 is 4.70. The Bertz CT molecular complexity index is 159. The molecule has 3 nitrogen and oxygen atoms in total. The molecule has 0 bridgehead atoms. The van der Waals surface area contributed by atoms with Crippen LogP contribution < -0.4 is 5.73 Å². The molecule has 70 valence electrons. The summed E-state index contributed by atoms with van der Waals surface area (Å²) in [6.45, 7) is 0. The second kappa shape index (κ2) is 4.45. The molecule has 1 rings (SSSR count). The fourth-order valence-electron chi connectivity index (χ4n) is 1.78. The Balaban J connectivity index is 2.52. The molecule has 1 saturated carbocycles. The molecule has 3 heteroatoms. The maximum Gasteiger partial charge on any atom is 0.310 e. The van der Waals surface area contributed by atoms with E-state index < -0.39 is 0 Å². The molecular weight excluding hydrogens is 154 g/mol. The van der Waals surface area contributed by atoms with Crippen LogP contribution in [0.1, 0.15) is 32.1 Å². The fourth-order valence-corrected chi connectivity index (χ4v) is 1.78. The van der Waals surface area contributed by atoms with Gasteiger partial charge in [0.25, 0.3) is 0 Å². The molecule has 0 radical (unpaired) electrons. The molecule has 0 amide bonds. The molecule has 12 heavy (non-hydrogen) atoms. The standard InChI is InChI=1S/C9H17NO2/c1-12-9(11)7-5-3-2-4-6-8(7)10/h7-8H,2-6,10H2,1H3. The van der Waals surface area contributed by atoms with Crippen LogP contribution in [-0.2, 0) is 9.53 Å². The van der Waals surface area contributed by atoms with Crippen LogP contribution in [0.2, 0.25) is 0 Å². The van der Waals surface area contributed by atoms with Crippen molar-refractivity contribution in [3.63, 3.8) is 0 Å². The summed E-state index contributed by atoms with van der Waals surface area (Å²) in [5.74, 6) is -0.193. The first kappa shape index (κ1) is 9.52. The predicted octanol–water partition coefficient (Wildman–Crippen LogP) is 1.07. The highest BCUT2D eigenvalue weighted by Gasteiger charge is 2.27. The lowest BCUT2D eigenvalue weighted by Gasteiger charge is -2.17. The first-order valence-electron chi connectivity index (χ1n) is 4.59. The number of nitrogens with two attached hydrogens (primary N) is 1. The molecule has 1 fully saturated rings. The van der Waals surface area contributed by atoms with E-state index in [2.05, 4.69) is 0 Å². The maximum absolute atomic E-state index is 11.2. The molecule has 0 aromatic carbocycles. The second-order valence-corrected chi connectivity index (χ2v) is 3.43. The molecule has 0 aromatic heterocycles. The summed E-state index contributed by atoms with van der Waals surface area (Å²) in [6, 6.07) is 0.0138. The lowest BCUT2D eigenvalue weighted by molar-refractivity contribution is -0.146. The average molecular weight is 171 g/mol.